The molecule has 19 heavy (non-hydrogen) atoms. The van der Waals surface area contributed by atoms with Gasteiger partial charge in [0.15, 0.2) is 11.5 Å². The van der Waals surface area contributed by atoms with Crippen LogP contribution in [0, 0.1) is 3.57 Å². The van der Waals surface area contributed by atoms with Gasteiger partial charge in [0.2, 0.25) is 0 Å². The van der Waals surface area contributed by atoms with Gasteiger partial charge in [-0.2, -0.15) is 5.10 Å². The van der Waals surface area contributed by atoms with E-state index >= 15 is 0 Å². The largest absolute Gasteiger partial charge is 0.493 e. The third-order valence-corrected chi connectivity index (χ3v) is 3.09. The molecule has 2 aromatic heterocycles. The van der Waals surface area contributed by atoms with E-state index in [2.05, 4.69) is 10.1 Å². The van der Waals surface area contributed by atoms with E-state index < -0.39 is 0 Å². The Morgan fingerprint density at radius 1 is 1.37 bits per heavy atom. The van der Waals surface area contributed by atoms with Gasteiger partial charge >= 0.3 is 0 Å². The first kappa shape index (κ1) is 13.8. The average molecular weight is 373 g/mol. The van der Waals surface area contributed by atoms with Gasteiger partial charge in [-0.05, 0) is 22.6 Å². The molecule has 0 saturated carbocycles. The monoisotopic (exact) mass is 373 g/mol. The van der Waals surface area contributed by atoms with Crippen LogP contribution < -0.4 is 15.0 Å². The normalized spacial score (nSPS) is 10.3. The summed E-state index contributed by atoms with van der Waals surface area (Å²) in [6, 6.07) is 3.21. The summed E-state index contributed by atoms with van der Waals surface area (Å²) in [5.74, 6) is 1.09. The van der Waals surface area contributed by atoms with Gasteiger partial charge in [-0.15, -0.1) is 0 Å². The van der Waals surface area contributed by atoms with E-state index in [0.717, 1.165) is 3.57 Å². The molecule has 0 fully saturated rings. The molecule has 0 aliphatic carbocycles. The van der Waals surface area contributed by atoms with Crippen LogP contribution in [0.3, 0.4) is 0 Å². The Balaban J connectivity index is 2.40. The van der Waals surface area contributed by atoms with Crippen LogP contribution in [0.4, 0.5) is 0 Å². The zero-order valence-electron chi connectivity index (χ0n) is 10.5. The Kier molecular flexibility index (Phi) is 4.35. The van der Waals surface area contributed by atoms with Crippen LogP contribution in [-0.4, -0.2) is 29.0 Å². The maximum atomic E-state index is 11.8. The van der Waals surface area contributed by atoms with Crippen molar-refractivity contribution in [1.29, 1.82) is 0 Å². The highest BCUT2D eigenvalue weighted by atomic mass is 127. The van der Waals surface area contributed by atoms with Gasteiger partial charge in [-0.25, -0.2) is 4.68 Å². The number of nitrogens with zero attached hydrogens (tertiary/aromatic N) is 3. The Labute approximate surface area is 123 Å². The number of methoxy groups -OCH3 is 2. The lowest BCUT2D eigenvalue weighted by Gasteiger charge is -2.11. The zero-order valence-corrected chi connectivity index (χ0v) is 12.6. The summed E-state index contributed by atoms with van der Waals surface area (Å²) < 4.78 is 12.6. The second-order valence-corrected chi connectivity index (χ2v) is 4.91. The lowest BCUT2D eigenvalue weighted by molar-refractivity contribution is 0.347. The van der Waals surface area contributed by atoms with Crippen LogP contribution in [0.2, 0.25) is 0 Å². The van der Waals surface area contributed by atoms with Crippen molar-refractivity contribution < 1.29 is 9.47 Å². The summed E-state index contributed by atoms with van der Waals surface area (Å²) in [6.45, 7) is 0.232. The fourth-order valence-corrected chi connectivity index (χ4v) is 2.03. The Morgan fingerprint density at radius 2 is 2.16 bits per heavy atom. The molecule has 2 rings (SSSR count). The topological polar surface area (TPSA) is 66.2 Å². The SMILES string of the molecule is COc1ccnc(Cn2ncc(I)cc2=O)c1OC. The van der Waals surface area contributed by atoms with Crippen molar-refractivity contribution in [2.45, 2.75) is 6.54 Å². The minimum atomic E-state index is -0.182. The van der Waals surface area contributed by atoms with Crippen LogP contribution in [-0.2, 0) is 6.54 Å². The molecule has 0 radical (unpaired) electrons. The molecule has 6 nitrogen and oxygen atoms in total. The highest BCUT2D eigenvalue weighted by Crippen LogP contribution is 2.29. The van der Waals surface area contributed by atoms with E-state index in [-0.39, 0.29) is 12.1 Å². The molecule has 2 aromatic rings. The molecule has 0 N–H and O–H groups in total. The van der Waals surface area contributed by atoms with Gasteiger partial charge in [0.05, 0.1) is 27.0 Å². The standard InChI is InChI=1S/C12H12IN3O3/c1-18-10-3-4-14-9(12(10)19-2)7-16-11(17)5-8(13)6-15-16/h3-6H,7H2,1-2H3. The number of halogens is 1. The Morgan fingerprint density at radius 3 is 2.79 bits per heavy atom. The molecule has 0 spiro atoms. The molecule has 7 heteroatoms. The quantitative estimate of drug-likeness (QED) is 0.757. The maximum absolute atomic E-state index is 11.8. The van der Waals surface area contributed by atoms with Gasteiger partial charge in [0, 0.05) is 21.9 Å². The van der Waals surface area contributed by atoms with Crippen molar-refractivity contribution in [2.24, 2.45) is 0 Å². The predicted octanol–water partition coefficient (Wildman–Crippen LogP) is 1.31. The van der Waals surface area contributed by atoms with Gasteiger partial charge in [-0.1, -0.05) is 0 Å². The molecule has 0 aromatic carbocycles. The van der Waals surface area contributed by atoms with Gasteiger partial charge < -0.3 is 9.47 Å². The molecule has 0 atom stereocenters. The molecule has 0 bridgehead atoms. The van der Waals surface area contributed by atoms with E-state index in [1.54, 1.807) is 25.6 Å². The number of hydrogen-bond acceptors (Lipinski definition) is 5. The van der Waals surface area contributed by atoms with Crippen LogP contribution in [0.15, 0.2) is 29.3 Å². The van der Waals surface area contributed by atoms with Gasteiger partial charge in [-0.3, -0.25) is 9.78 Å². The van der Waals surface area contributed by atoms with E-state index in [0.29, 0.717) is 17.2 Å². The average Bonchev–Trinajstić information content (AvgIpc) is 2.41. The molecule has 0 amide bonds. The van der Waals surface area contributed by atoms with Crippen molar-refractivity contribution in [1.82, 2.24) is 14.8 Å². The lowest BCUT2D eigenvalue weighted by atomic mass is 10.3. The van der Waals surface area contributed by atoms with Crippen molar-refractivity contribution >= 4 is 22.6 Å². The van der Waals surface area contributed by atoms with Crippen LogP contribution in [0.5, 0.6) is 11.5 Å². The van der Waals surface area contributed by atoms with E-state index in [9.17, 15) is 4.79 Å². The first-order valence-electron chi connectivity index (χ1n) is 5.44. The summed E-state index contributed by atoms with van der Waals surface area (Å²) in [7, 11) is 3.09. The second-order valence-electron chi connectivity index (χ2n) is 3.66. The van der Waals surface area contributed by atoms with Gasteiger partial charge in [0.25, 0.3) is 5.56 Å². The first-order valence-corrected chi connectivity index (χ1v) is 6.52. The molecule has 2 heterocycles. The van der Waals surface area contributed by atoms with E-state index in [1.165, 1.54) is 17.9 Å². The van der Waals surface area contributed by atoms with Crippen LogP contribution in [0.25, 0.3) is 0 Å². The van der Waals surface area contributed by atoms with Crippen molar-refractivity contribution in [3.05, 3.63) is 44.1 Å². The summed E-state index contributed by atoms with van der Waals surface area (Å²) in [6.07, 6.45) is 3.23. The number of rotatable bonds is 4. The Hall–Kier alpha value is -1.64. The molecular formula is C12H12IN3O3. The summed E-state index contributed by atoms with van der Waals surface area (Å²) >= 11 is 2.04. The lowest BCUT2D eigenvalue weighted by Crippen LogP contribution is -2.23. The zero-order chi connectivity index (χ0) is 13.8. The van der Waals surface area contributed by atoms with Crippen molar-refractivity contribution in [3.8, 4) is 11.5 Å². The smallest absolute Gasteiger partial charge is 0.268 e. The third-order valence-electron chi connectivity index (χ3n) is 2.50. The highest BCUT2D eigenvalue weighted by Gasteiger charge is 2.12. The summed E-state index contributed by atoms with van der Waals surface area (Å²) in [5.41, 5.74) is 0.413. The highest BCUT2D eigenvalue weighted by molar-refractivity contribution is 14.1. The number of aromatic nitrogens is 3. The van der Waals surface area contributed by atoms with Gasteiger partial charge in [0.1, 0.15) is 5.69 Å². The Bertz CT molecular complexity index is 642. The van der Waals surface area contributed by atoms with Crippen LogP contribution >= 0.6 is 22.6 Å². The van der Waals surface area contributed by atoms with E-state index in [4.69, 9.17) is 9.47 Å². The number of ether oxygens (including phenoxy) is 2. The maximum Gasteiger partial charge on any atom is 0.268 e. The first-order chi connectivity index (χ1) is 9.15. The molecule has 0 saturated heterocycles. The predicted molar refractivity (Wildman–Crippen MR) is 77.7 cm³/mol. The van der Waals surface area contributed by atoms with Crippen molar-refractivity contribution in [2.75, 3.05) is 14.2 Å². The fourth-order valence-electron chi connectivity index (χ4n) is 1.64. The summed E-state index contributed by atoms with van der Waals surface area (Å²) in [5, 5.41) is 4.06. The molecule has 0 aliphatic rings. The molecule has 0 unspecified atom stereocenters. The van der Waals surface area contributed by atoms with Crippen LogP contribution in [0.1, 0.15) is 5.69 Å². The minimum Gasteiger partial charge on any atom is -0.493 e. The van der Waals surface area contributed by atoms with E-state index in [1.807, 2.05) is 22.6 Å². The molecular weight excluding hydrogens is 361 g/mol. The fraction of sp³-hybridized carbons (Fsp3) is 0.250. The molecule has 100 valence electrons. The number of hydrogen-bond donors (Lipinski definition) is 0. The number of pyridine rings is 1. The second kappa shape index (κ2) is 6.00. The van der Waals surface area contributed by atoms with Crippen molar-refractivity contribution in [3.63, 3.8) is 0 Å². The minimum absolute atomic E-state index is 0.182. The molecule has 0 aliphatic heterocycles. The third kappa shape index (κ3) is 3.03. The summed E-state index contributed by atoms with van der Waals surface area (Å²) in [4.78, 5) is 16.0.